The van der Waals surface area contributed by atoms with Gasteiger partial charge in [-0.2, -0.15) is 0 Å². The Morgan fingerprint density at radius 1 is 1.40 bits per heavy atom. The summed E-state index contributed by atoms with van der Waals surface area (Å²) in [4.78, 5) is 13.4. The van der Waals surface area contributed by atoms with Crippen LogP contribution in [0.25, 0.3) is 10.9 Å². The van der Waals surface area contributed by atoms with Crippen LogP contribution in [-0.2, 0) is 0 Å². The molecule has 0 unspecified atom stereocenters. The molecule has 2 rings (SSSR count). The molecule has 0 saturated carbocycles. The van der Waals surface area contributed by atoms with Gasteiger partial charge in [-0.3, -0.25) is 10.1 Å². The fourth-order valence-electron chi connectivity index (χ4n) is 1.31. The Labute approximate surface area is 82.3 Å². The molecule has 76 valence electrons. The van der Waals surface area contributed by atoms with Gasteiger partial charge < -0.3 is 0 Å². The predicted molar refractivity (Wildman–Crippen MR) is 48.3 cm³/mol. The molecule has 0 aliphatic heterocycles. The number of hydrogen-bond donors (Lipinski definition) is 0. The lowest BCUT2D eigenvalue weighted by atomic mass is 10.2. The Bertz CT molecular complexity index is 557. The minimum absolute atomic E-state index is 0.151. The molecular weight excluding hydrogens is 206 g/mol. The Balaban J connectivity index is 2.94. The van der Waals surface area contributed by atoms with Crippen LogP contribution in [0.4, 0.5) is 14.5 Å². The lowest BCUT2D eigenvalue weighted by molar-refractivity contribution is -0.383. The Morgan fingerprint density at radius 3 is 2.80 bits per heavy atom. The second kappa shape index (κ2) is 3.23. The fourth-order valence-corrected chi connectivity index (χ4v) is 1.31. The minimum atomic E-state index is -1.25. The number of fused-ring (bicyclic) bond motifs is 1. The third-order valence-electron chi connectivity index (χ3n) is 1.96. The molecule has 0 radical (unpaired) electrons. The molecule has 0 atom stereocenters. The van der Waals surface area contributed by atoms with Gasteiger partial charge in [0.05, 0.1) is 11.0 Å². The molecule has 6 heteroatoms. The third kappa shape index (κ3) is 1.39. The number of pyridine rings is 1. The lowest BCUT2D eigenvalue weighted by Crippen LogP contribution is -1.96. The number of nitrogens with zero attached hydrogens (tertiary/aromatic N) is 2. The molecule has 0 amide bonds. The summed E-state index contributed by atoms with van der Waals surface area (Å²) in [6, 6.07) is 3.16. The van der Waals surface area contributed by atoms with Crippen molar-refractivity contribution < 1.29 is 13.7 Å². The van der Waals surface area contributed by atoms with Crippen molar-refractivity contribution in [2.75, 3.05) is 0 Å². The summed E-state index contributed by atoms with van der Waals surface area (Å²) < 4.78 is 26.2. The van der Waals surface area contributed by atoms with E-state index >= 15 is 0 Å². The third-order valence-corrected chi connectivity index (χ3v) is 1.96. The normalized spacial score (nSPS) is 10.5. The topological polar surface area (TPSA) is 56.0 Å². The van der Waals surface area contributed by atoms with E-state index in [-0.39, 0.29) is 10.9 Å². The number of halogens is 2. The van der Waals surface area contributed by atoms with E-state index in [0.717, 1.165) is 0 Å². The molecule has 4 nitrogen and oxygen atoms in total. The van der Waals surface area contributed by atoms with Crippen molar-refractivity contribution in [2.24, 2.45) is 0 Å². The first-order valence-corrected chi connectivity index (χ1v) is 3.98. The van der Waals surface area contributed by atoms with Gasteiger partial charge in [0.15, 0.2) is 17.2 Å². The van der Waals surface area contributed by atoms with Crippen molar-refractivity contribution in [1.82, 2.24) is 4.98 Å². The average Bonchev–Trinajstić information content (AvgIpc) is 2.23. The van der Waals surface area contributed by atoms with Gasteiger partial charge in [-0.25, -0.2) is 13.8 Å². The largest absolute Gasteiger partial charge is 0.298 e. The molecular formula is C9H4F2N2O2. The Morgan fingerprint density at radius 2 is 2.13 bits per heavy atom. The zero-order valence-electron chi connectivity index (χ0n) is 7.28. The fraction of sp³-hybridized carbons (Fsp3) is 0. The van der Waals surface area contributed by atoms with Crippen molar-refractivity contribution in [3.63, 3.8) is 0 Å². The van der Waals surface area contributed by atoms with E-state index in [9.17, 15) is 18.9 Å². The number of benzene rings is 1. The van der Waals surface area contributed by atoms with Crippen LogP contribution in [0.1, 0.15) is 0 Å². The van der Waals surface area contributed by atoms with Crippen LogP contribution in [0.2, 0.25) is 0 Å². The van der Waals surface area contributed by atoms with Crippen LogP contribution in [0.3, 0.4) is 0 Å². The predicted octanol–water partition coefficient (Wildman–Crippen LogP) is 2.42. The zero-order valence-corrected chi connectivity index (χ0v) is 7.28. The van der Waals surface area contributed by atoms with Gasteiger partial charge in [0.2, 0.25) is 0 Å². The highest BCUT2D eigenvalue weighted by Gasteiger charge is 2.19. The summed E-state index contributed by atoms with van der Waals surface area (Å²) >= 11 is 0. The van der Waals surface area contributed by atoms with Gasteiger partial charge in [-0.1, -0.05) is 0 Å². The van der Waals surface area contributed by atoms with Crippen LogP contribution in [0.5, 0.6) is 0 Å². The van der Waals surface area contributed by atoms with Crippen molar-refractivity contribution in [2.45, 2.75) is 0 Å². The molecule has 1 aromatic heterocycles. The SMILES string of the molecule is O=[N+]([O-])c1cc(F)c(F)c2cccnc12. The average molecular weight is 210 g/mol. The first-order valence-electron chi connectivity index (χ1n) is 3.98. The number of nitro groups is 1. The van der Waals surface area contributed by atoms with E-state index in [2.05, 4.69) is 4.98 Å². The van der Waals surface area contributed by atoms with Crippen LogP contribution in [0, 0.1) is 21.7 Å². The molecule has 15 heavy (non-hydrogen) atoms. The van der Waals surface area contributed by atoms with E-state index in [1.54, 1.807) is 0 Å². The van der Waals surface area contributed by atoms with E-state index in [1.165, 1.54) is 18.3 Å². The highest BCUT2D eigenvalue weighted by atomic mass is 19.2. The monoisotopic (exact) mass is 210 g/mol. The number of hydrogen-bond acceptors (Lipinski definition) is 3. The van der Waals surface area contributed by atoms with Gasteiger partial charge in [0.1, 0.15) is 0 Å². The van der Waals surface area contributed by atoms with Gasteiger partial charge in [0, 0.05) is 11.6 Å². The molecule has 0 N–H and O–H groups in total. The number of rotatable bonds is 1. The molecule has 0 fully saturated rings. The highest BCUT2D eigenvalue weighted by Crippen LogP contribution is 2.27. The second-order valence-electron chi connectivity index (χ2n) is 2.85. The molecule has 0 aliphatic carbocycles. The maximum Gasteiger partial charge on any atom is 0.298 e. The Hall–Kier alpha value is -2.11. The van der Waals surface area contributed by atoms with Crippen LogP contribution < -0.4 is 0 Å². The quantitative estimate of drug-likeness (QED) is 0.536. The van der Waals surface area contributed by atoms with Gasteiger partial charge >= 0.3 is 0 Å². The summed E-state index contributed by atoms with van der Waals surface area (Å²) in [5.41, 5.74) is -0.689. The summed E-state index contributed by atoms with van der Waals surface area (Å²) in [6.45, 7) is 0. The maximum atomic E-state index is 13.2. The molecule has 0 bridgehead atoms. The number of non-ortho nitro benzene ring substituents is 1. The first-order chi connectivity index (χ1) is 7.11. The summed E-state index contributed by atoms with van der Waals surface area (Å²) in [7, 11) is 0. The summed E-state index contributed by atoms with van der Waals surface area (Å²) in [5, 5.41) is 10.4. The number of nitro benzene ring substituents is 1. The summed E-state index contributed by atoms with van der Waals surface area (Å²) in [5.74, 6) is -2.37. The lowest BCUT2D eigenvalue weighted by Gasteiger charge is -2.00. The maximum absolute atomic E-state index is 13.2. The number of aromatic nitrogens is 1. The van der Waals surface area contributed by atoms with Crippen molar-refractivity contribution in [1.29, 1.82) is 0 Å². The standard InChI is InChI=1S/C9H4F2N2O2/c10-6-4-7(13(14)15)9-5(8(6)11)2-1-3-12-9/h1-4H. The van der Waals surface area contributed by atoms with E-state index in [1.807, 2.05) is 0 Å². The van der Waals surface area contributed by atoms with Crippen LogP contribution >= 0.6 is 0 Å². The van der Waals surface area contributed by atoms with E-state index in [0.29, 0.717) is 6.07 Å². The zero-order chi connectivity index (χ0) is 11.0. The first kappa shape index (κ1) is 9.45. The van der Waals surface area contributed by atoms with Crippen LogP contribution in [-0.4, -0.2) is 9.91 Å². The smallest absolute Gasteiger partial charge is 0.258 e. The van der Waals surface area contributed by atoms with Crippen molar-refractivity contribution in [3.05, 3.63) is 46.1 Å². The van der Waals surface area contributed by atoms with Gasteiger partial charge in [-0.15, -0.1) is 0 Å². The summed E-state index contributed by atoms with van der Waals surface area (Å²) in [6.07, 6.45) is 1.28. The van der Waals surface area contributed by atoms with Crippen molar-refractivity contribution >= 4 is 16.6 Å². The molecule has 0 aliphatic rings. The van der Waals surface area contributed by atoms with Gasteiger partial charge in [-0.05, 0) is 12.1 Å². The van der Waals surface area contributed by atoms with E-state index < -0.39 is 22.2 Å². The molecule has 1 heterocycles. The molecule has 0 saturated heterocycles. The van der Waals surface area contributed by atoms with E-state index in [4.69, 9.17) is 0 Å². The minimum Gasteiger partial charge on any atom is -0.258 e. The molecule has 1 aromatic carbocycles. The van der Waals surface area contributed by atoms with Gasteiger partial charge in [0.25, 0.3) is 5.69 Å². The Kier molecular flexibility index (Phi) is 2.03. The second-order valence-corrected chi connectivity index (χ2v) is 2.85. The van der Waals surface area contributed by atoms with Crippen LogP contribution in [0.15, 0.2) is 24.4 Å². The highest BCUT2D eigenvalue weighted by molar-refractivity contribution is 5.87. The molecule has 2 aromatic rings. The van der Waals surface area contributed by atoms with Crippen molar-refractivity contribution in [3.8, 4) is 0 Å². The molecule has 0 spiro atoms.